The van der Waals surface area contributed by atoms with Crippen LogP contribution < -0.4 is 31.1 Å². The molecule has 2 saturated heterocycles. The van der Waals surface area contributed by atoms with E-state index in [0.717, 1.165) is 10.4 Å². The molecule has 4 N–H and O–H groups in total. The number of amides is 4. The molecule has 5 rings (SSSR count). The summed E-state index contributed by atoms with van der Waals surface area (Å²) >= 11 is 0. The summed E-state index contributed by atoms with van der Waals surface area (Å²) in [6.07, 6.45) is 2.92. The maximum atomic E-state index is 14.2. The van der Waals surface area contributed by atoms with Crippen LogP contribution in [-0.4, -0.2) is 96.6 Å². The predicted octanol–water partition coefficient (Wildman–Crippen LogP) is 4.44. The third kappa shape index (κ3) is 11.3. The molecule has 3 aromatic rings. The van der Waals surface area contributed by atoms with E-state index in [9.17, 15) is 28.8 Å². The fourth-order valence-electron chi connectivity index (χ4n) is 8.37. The van der Waals surface area contributed by atoms with Crippen LogP contribution in [0.5, 0.6) is 5.75 Å². The fourth-order valence-corrected chi connectivity index (χ4v) is 13.1. The molecular weight excluding hydrogens is 793 g/mol. The van der Waals surface area contributed by atoms with Crippen LogP contribution in [-0.2, 0) is 39.6 Å². The first-order valence-electron chi connectivity index (χ1n) is 21.5. The Morgan fingerprint density at radius 3 is 2.07 bits per heavy atom. The Morgan fingerprint density at radius 1 is 0.869 bits per heavy atom. The van der Waals surface area contributed by atoms with Crippen LogP contribution in [0.25, 0.3) is 0 Å². The summed E-state index contributed by atoms with van der Waals surface area (Å²) in [5.41, 5.74) is -0.719. The molecule has 13 nitrogen and oxygen atoms in total. The van der Waals surface area contributed by atoms with Crippen LogP contribution in [0.3, 0.4) is 0 Å². The highest BCUT2D eigenvalue weighted by molar-refractivity contribution is 6.99. The third-order valence-corrected chi connectivity index (χ3v) is 17.2. The van der Waals surface area contributed by atoms with Crippen molar-refractivity contribution in [3.8, 4) is 5.75 Å². The Labute approximate surface area is 360 Å². The number of ether oxygens (including phenoxy) is 1. The maximum Gasteiger partial charge on any atom is 0.341 e. The van der Waals surface area contributed by atoms with Gasteiger partial charge in [0.05, 0.1) is 0 Å². The molecule has 0 radical (unpaired) electrons. The van der Waals surface area contributed by atoms with Gasteiger partial charge in [0, 0.05) is 19.4 Å². The van der Waals surface area contributed by atoms with Crippen LogP contribution in [0.4, 0.5) is 0 Å². The van der Waals surface area contributed by atoms with E-state index in [1.54, 1.807) is 38.1 Å². The maximum absolute atomic E-state index is 14.2. The number of carbonyl (C=O) groups is 6. The summed E-state index contributed by atoms with van der Waals surface area (Å²) < 4.78 is 12.3. The number of carbonyl (C=O) groups excluding carboxylic acids is 5. The van der Waals surface area contributed by atoms with Crippen molar-refractivity contribution in [2.24, 2.45) is 0 Å². The van der Waals surface area contributed by atoms with Gasteiger partial charge in [0.2, 0.25) is 23.6 Å². The highest BCUT2D eigenvalue weighted by Gasteiger charge is 2.51. The van der Waals surface area contributed by atoms with Crippen molar-refractivity contribution in [3.63, 3.8) is 0 Å². The molecule has 0 aromatic heterocycles. The van der Waals surface area contributed by atoms with Gasteiger partial charge >= 0.3 is 5.97 Å². The fraction of sp³-hybridized carbons (Fsp3) is 0.489. The van der Waals surface area contributed by atoms with Gasteiger partial charge in [-0.25, -0.2) is 4.79 Å². The van der Waals surface area contributed by atoms with Gasteiger partial charge in [-0.1, -0.05) is 113 Å². The quantitative estimate of drug-likeness (QED) is 0.113. The van der Waals surface area contributed by atoms with E-state index < -0.39 is 74.3 Å². The minimum absolute atomic E-state index is 0.000770. The second kappa shape index (κ2) is 20.5. The molecular formula is C47H62N4O9Si. The SMILES string of the molecule is CC[C@]1(C)NC(=O)[C@H](CCCCCC(=O)[C@@H](C)O[Si](c2ccccc2)(c2ccccc2)C(C)(C)C)NC(=O)[C@H]2CCCN2C(=O)[C@H](Cc2ccc(OCC(=O)O)cc2)NC1=O. The monoisotopic (exact) mass is 854 g/mol. The van der Waals surface area contributed by atoms with Gasteiger partial charge in [0.25, 0.3) is 8.32 Å². The number of benzene rings is 3. The number of ketones is 1. The van der Waals surface area contributed by atoms with Gasteiger partial charge in [0.1, 0.15) is 35.5 Å². The normalized spacial score (nSPS) is 21.9. The molecule has 0 saturated carbocycles. The molecule has 0 spiro atoms. The van der Waals surface area contributed by atoms with E-state index in [0.29, 0.717) is 56.4 Å². The Kier molecular flexibility index (Phi) is 15.7. The summed E-state index contributed by atoms with van der Waals surface area (Å²) in [6.45, 7) is 11.5. The lowest BCUT2D eigenvalue weighted by Gasteiger charge is -2.44. The zero-order valence-electron chi connectivity index (χ0n) is 36.3. The third-order valence-electron chi connectivity index (χ3n) is 12.0. The van der Waals surface area contributed by atoms with E-state index in [2.05, 4.69) is 61.0 Å². The largest absolute Gasteiger partial charge is 0.482 e. The summed E-state index contributed by atoms with van der Waals surface area (Å²) in [4.78, 5) is 82.1. The molecule has 5 atom stereocenters. The minimum Gasteiger partial charge on any atom is -0.482 e. The Balaban J connectivity index is 1.24. The molecule has 2 heterocycles. The molecule has 2 aliphatic rings. The molecule has 0 bridgehead atoms. The van der Waals surface area contributed by atoms with E-state index in [1.165, 1.54) is 4.90 Å². The first-order valence-corrected chi connectivity index (χ1v) is 23.4. The van der Waals surface area contributed by atoms with Crippen LogP contribution in [0, 0.1) is 0 Å². The number of carboxylic acid groups (broad SMARTS) is 1. The lowest BCUT2D eigenvalue weighted by molar-refractivity contribution is -0.144. The molecule has 0 aliphatic carbocycles. The number of unbranched alkanes of at least 4 members (excludes halogenated alkanes) is 2. The number of hydrogen-bond acceptors (Lipinski definition) is 8. The number of aliphatic carboxylic acids is 1. The number of nitrogens with one attached hydrogen (secondary N) is 3. The van der Waals surface area contributed by atoms with E-state index in [4.69, 9.17) is 14.3 Å². The topological polar surface area (TPSA) is 180 Å². The van der Waals surface area contributed by atoms with E-state index >= 15 is 0 Å². The zero-order chi connectivity index (χ0) is 44.4. The Morgan fingerprint density at radius 2 is 1.49 bits per heavy atom. The van der Waals surface area contributed by atoms with Gasteiger partial charge in [-0.05, 0) is 79.1 Å². The summed E-state index contributed by atoms with van der Waals surface area (Å²) in [5, 5.41) is 19.5. The lowest BCUT2D eigenvalue weighted by Crippen LogP contribution is -2.68. The van der Waals surface area contributed by atoms with Crippen molar-refractivity contribution in [3.05, 3.63) is 90.5 Å². The average Bonchev–Trinajstić information content (AvgIpc) is 3.74. The summed E-state index contributed by atoms with van der Waals surface area (Å²) in [5.74, 6) is -2.64. The molecule has 3 aromatic carbocycles. The minimum atomic E-state index is -2.93. The first kappa shape index (κ1) is 46.7. The number of nitrogens with zero attached hydrogens (tertiary/aromatic N) is 1. The molecule has 328 valence electrons. The molecule has 4 amide bonds. The van der Waals surface area contributed by atoms with Crippen molar-refractivity contribution >= 4 is 54.1 Å². The second-order valence-electron chi connectivity index (χ2n) is 17.5. The average molecular weight is 855 g/mol. The standard InChI is InChI=1S/C47H62N4O9Si/c1-7-47(6)45(58)49-38(30-33-25-27-34(28-26-33)59-31-41(53)54)44(57)51-29-17-23-39(51)43(56)48-37(42(55)50-47)22-15-10-16-24-40(52)32(2)60-61(46(3,4)5,35-18-11-8-12-19-35)36-20-13-9-14-21-36/h8-9,11-14,18-21,25-28,32,37-39H,7,10,15-17,22-24,29-31H2,1-6H3,(H,48,56)(H,49,58)(H,50,55)(H,53,54)/t32-,37+,38+,39-,47+/m1/s1. The predicted molar refractivity (Wildman–Crippen MR) is 235 cm³/mol. The van der Waals surface area contributed by atoms with Gasteiger partial charge in [0.15, 0.2) is 12.4 Å². The highest BCUT2D eigenvalue weighted by Crippen LogP contribution is 2.38. The van der Waals surface area contributed by atoms with Gasteiger partial charge < -0.3 is 35.1 Å². The molecule has 2 aliphatic heterocycles. The van der Waals surface area contributed by atoms with Crippen LogP contribution in [0.15, 0.2) is 84.9 Å². The first-order chi connectivity index (χ1) is 29.0. The van der Waals surface area contributed by atoms with Crippen molar-refractivity contribution in [2.45, 2.75) is 134 Å². The summed E-state index contributed by atoms with van der Waals surface area (Å²) in [7, 11) is -2.93. The van der Waals surface area contributed by atoms with Crippen molar-refractivity contribution in [2.75, 3.05) is 13.2 Å². The molecule has 0 unspecified atom stereocenters. The lowest BCUT2D eigenvalue weighted by atomic mass is 9.94. The van der Waals surface area contributed by atoms with E-state index in [-0.39, 0.29) is 30.1 Å². The number of rotatable bonds is 17. The van der Waals surface area contributed by atoms with Crippen LogP contribution >= 0.6 is 0 Å². The highest BCUT2D eigenvalue weighted by atomic mass is 28.4. The zero-order valence-corrected chi connectivity index (χ0v) is 37.3. The molecule has 14 heteroatoms. The smallest absolute Gasteiger partial charge is 0.341 e. The van der Waals surface area contributed by atoms with Gasteiger partial charge in [-0.15, -0.1) is 0 Å². The summed E-state index contributed by atoms with van der Waals surface area (Å²) in [6, 6.07) is 24.1. The van der Waals surface area contributed by atoms with Crippen LogP contribution in [0.1, 0.15) is 98.5 Å². The van der Waals surface area contributed by atoms with Crippen LogP contribution in [0.2, 0.25) is 5.04 Å². The number of hydrogen-bond donors (Lipinski definition) is 4. The van der Waals surface area contributed by atoms with Gasteiger partial charge in [-0.3, -0.25) is 24.0 Å². The number of fused-ring (bicyclic) bond motifs is 1. The number of carboxylic acids is 1. The van der Waals surface area contributed by atoms with Gasteiger partial charge in [-0.2, -0.15) is 0 Å². The molecule has 2 fully saturated rings. The Bertz CT molecular complexity index is 1970. The Hall–Kier alpha value is -5.34. The van der Waals surface area contributed by atoms with E-state index in [1.807, 2.05) is 43.3 Å². The number of Topliss-reactive ketones (excluding diaryl/α,β-unsaturated/α-hetero) is 1. The van der Waals surface area contributed by atoms with Crippen molar-refractivity contribution in [1.29, 1.82) is 0 Å². The van der Waals surface area contributed by atoms with Crippen molar-refractivity contribution in [1.82, 2.24) is 20.9 Å². The molecule has 61 heavy (non-hydrogen) atoms. The second-order valence-corrected chi connectivity index (χ2v) is 21.7. The van der Waals surface area contributed by atoms with Crippen molar-refractivity contribution < 1.29 is 43.0 Å².